The van der Waals surface area contributed by atoms with E-state index < -0.39 is 15.9 Å². The van der Waals surface area contributed by atoms with Crippen molar-refractivity contribution in [2.24, 2.45) is 0 Å². The quantitative estimate of drug-likeness (QED) is 0.629. The SMILES string of the molecule is O=C(NCc1ccc(F)cc1)c1cccc(S(=O)(=O)Nc2ccccc2Cl)c1. The molecular weight excluding hydrogens is 403 g/mol. The lowest BCUT2D eigenvalue weighted by molar-refractivity contribution is 0.0950. The second-order valence-corrected chi connectivity index (χ2v) is 8.01. The minimum Gasteiger partial charge on any atom is -0.348 e. The highest BCUT2D eigenvalue weighted by atomic mass is 35.5. The third-order valence-electron chi connectivity index (χ3n) is 3.89. The van der Waals surface area contributed by atoms with E-state index >= 15 is 0 Å². The standard InChI is InChI=1S/C20H16ClFN2O3S/c21-18-6-1-2-7-19(18)24-28(26,27)17-5-3-4-15(12-17)20(25)23-13-14-8-10-16(22)11-9-14/h1-12,24H,13H2,(H,23,25). The van der Waals surface area contributed by atoms with Crippen molar-refractivity contribution in [1.29, 1.82) is 0 Å². The van der Waals surface area contributed by atoms with Crippen LogP contribution in [0.4, 0.5) is 10.1 Å². The first-order chi connectivity index (χ1) is 13.3. The third kappa shape index (κ3) is 4.88. The predicted octanol–water partition coefficient (Wildman–Crippen LogP) is 4.21. The maximum atomic E-state index is 12.9. The molecule has 0 fully saturated rings. The van der Waals surface area contributed by atoms with Gasteiger partial charge in [-0.3, -0.25) is 9.52 Å². The predicted molar refractivity (Wildman–Crippen MR) is 106 cm³/mol. The topological polar surface area (TPSA) is 75.3 Å². The van der Waals surface area contributed by atoms with Gasteiger partial charge in [-0.1, -0.05) is 41.9 Å². The molecule has 0 spiro atoms. The molecule has 2 N–H and O–H groups in total. The summed E-state index contributed by atoms with van der Waals surface area (Å²) in [5.74, 6) is -0.807. The van der Waals surface area contributed by atoms with Crippen molar-refractivity contribution in [3.8, 4) is 0 Å². The number of hydrogen-bond acceptors (Lipinski definition) is 3. The molecule has 0 saturated heterocycles. The van der Waals surface area contributed by atoms with E-state index in [0.717, 1.165) is 5.56 Å². The fourth-order valence-corrected chi connectivity index (χ4v) is 3.80. The zero-order valence-corrected chi connectivity index (χ0v) is 16.1. The van der Waals surface area contributed by atoms with Crippen molar-refractivity contribution < 1.29 is 17.6 Å². The van der Waals surface area contributed by atoms with E-state index in [1.54, 1.807) is 36.4 Å². The molecule has 0 aromatic heterocycles. The highest BCUT2D eigenvalue weighted by molar-refractivity contribution is 7.92. The van der Waals surface area contributed by atoms with Crippen molar-refractivity contribution in [3.05, 3.63) is 94.8 Å². The lowest BCUT2D eigenvalue weighted by Gasteiger charge is -2.11. The molecule has 5 nitrogen and oxygen atoms in total. The van der Waals surface area contributed by atoms with Crippen LogP contribution in [0.1, 0.15) is 15.9 Å². The molecule has 0 unspecified atom stereocenters. The van der Waals surface area contributed by atoms with Gasteiger partial charge in [-0.05, 0) is 48.0 Å². The third-order valence-corrected chi connectivity index (χ3v) is 5.58. The van der Waals surface area contributed by atoms with Gasteiger partial charge in [0.05, 0.1) is 15.6 Å². The maximum Gasteiger partial charge on any atom is 0.261 e. The van der Waals surface area contributed by atoms with Gasteiger partial charge in [-0.25, -0.2) is 12.8 Å². The Hall–Kier alpha value is -2.90. The smallest absolute Gasteiger partial charge is 0.261 e. The number of halogens is 2. The van der Waals surface area contributed by atoms with Crippen LogP contribution in [0.5, 0.6) is 0 Å². The minimum absolute atomic E-state index is 0.0677. The van der Waals surface area contributed by atoms with E-state index in [9.17, 15) is 17.6 Å². The maximum absolute atomic E-state index is 12.9. The molecule has 0 heterocycles. The molecular formula is C20H16ClFN2O3S. The van der Waals surface area contributed by atoms with Gasteiger partial charge in [0, 0.05) is 12.1 Å². The van der Waals surface area contributed by atoms with E-state index in [1.807, 2.05) is 0 Å². The Balaban J connectivity index is 1.74. The number of hydrogen-bond donors (Lipinski definition) is 2. The molecule has 3 aromatic carbocycles. The summed E-state index contributed by atoms with van der Waals surface area (Å²) in [6.07, 6.45) is 0. The first-order valence-electron chi connectivity index (χ1n) is 8.25. The summed E-state index contributed by atoms with van der Waals surface area (Å²) in [6.45, 7) is 0.188. The zero-order valence-electron chi connectivity index (χ0n) is 14.5. The number of carbonyl (C=O) groups is 1. The van der Waals surface area contributed by atoms with Crippen molar-refractivity contribution >= 4 is 33.2 Å². The number of anilines is 1. The molecule has 0 atom stereocenters. The van der Waals surface area contributed by atoms with Crippen LogP contribution in [0.15, 0.2) is 77.7 Å². The second-order valence-electron chi connectivity index (χ2n) is 5.92. The molecule has 28 heavy (non-hydrogen) atoms. The lowest BCUT2D eigenvalue weighted by atomic mass is 10.2. The van der Waals surface area contributed by atoms with Crippen molar-refractivity contribution in [2.75, 3.05) is 4.72 Å². The molecule has 0 saturated carbocycles. The Kier molecular flexibility index (Phi) is 5.96. The normalized spacial score (nSPS) is 11.1. The van der Waals surface area contributed by atoms with E-state index in [1.165, 1.54) is 36.4 Å². The van der Waals surface area contributed by atoms with Crippen LogP contribution in [-0.4, -0.2) is 14.3 Å². The van der Waals surface area contributed by atoms with Crippen molar-refractivity contribution in [3.63, 3.8) is 0 Å². The van der Waals surface area contributed by atoms with E-state index in [-0.39, 0.29) is 33.5 Å². The molecule has 1 amide bonds. The van der Waals surface area contributed by atoms with Gasteiger partial charge >= 0.3 is 0 Å². The fraction of sp³-hybridized carbons (Fsp3) is 0.0500. The van der Waals surface area contributed by atoms with E-state index in [4.69, 9.17) is 11.6 Å². The van der Waals surface area contributed by atoms with Gasteiger partial charge in [0.25, 0.3) is 15.9 Å². The molecule has 0 bridgehead atoms. The summed E-state index contributed by atoms with van der Waals surface area (Å²) < 4.78 is 40.5. The molecule has 0 aliphatic rings. The molecule has 144 valence electrons. The van der Waals surface area contributed by atoms with Gasteiger partial charge in [-0.2, -0.15) is 0 Å². The van der Waals surface area contributed by atoms with Gasteiger partial charge < -0.3 is 5.32 Å². The molecule has 0 radical (unpaired) electrons. The summed E-state index contributed by atoms with van der Waals surface area (Å²) in [6, 6.07) is 17.8. The van der Waals surface area contributed by atoms with Gasteiger partial charge in [0.1, 0.15) is 5.82 Å². The van der Waals surface area contributed by atoms with Crippen LogP contribution < -0.4 is 10.0 Å². The van der Waals surface area contributed by atoms with Crippen molar-refractivity contribution in [1.82, 2.24) is 5.32 Å². The summed E-state index contributed by atoms with van der Waals surface area (Å²) >= 11 is 5.99. The number of sulfonamides is 1. The minimum atomic E-state index is -3.92. The van der Waals surface area contributed by atoms with E-state index in [2.05, 4.69) is 10.0 Å². The summed E-state index contributed by atoms with van der Waals surface area (Å²) in [5.41, 5.74) is 1.15. The molecule has 0 aliphatic carbocycles. The van der Waals surface area contributed by atoms with Crippen LogP contribution in [0.25, 0.3) is 0 Å². The Bertz CT molecular complexity index is 1100. The molecule has 3 rings (SSSR count). The first kappa shape index (κ1) is 19.9. The Morgan fingerprint density at radius 1 is 0.964 bits per heavy atom. The van der Waals surface area contributed by atoms with Crippen LogP contribution in [0, 0.1) is 5.82 Å². The number of benzene rings is 3. The summed E-state index contributed by atoms with van der Waals surface area (Å²) in [4.78, 5) is 12.3. The van der Waals surface area contributed by atoms with Gasteiger partial charge in [0.15, 0.2) is 0 Å². The molecule has 3 aromatic rings. The lowest BCUT2D eigenvalue weighted by Crippen LogP contribution is -2.23. The van der Waals surface area contributed by atoms with Gasteiger partial charge in [-0.15, -0.1) is 0 Å². The second kappa shape index (κ2) is 8.41. The van der Waals surface area contributed by atoms with Gasteiger partial charge in [0.2, 0.25) is 0 Å². The Morgan fingerprint density at radius 2 is 1.68 bits per heavy atom. The summed E-state index contributed by atoms with van der Waals surface area (Å²) in [7, 11) is -3.92. The zero-order chi connectivity index (χ0) is 20.1. The first-order valence-corrected chi connectivity index (χ1v) is 10.1. The van der Waals surface area contributed by atoms with E-state index in [0.29, 0.717) is 0 Å². The molecule has 0 aliphatic heterocycles. The number of nitrogens with one attached hydrogen (secondary N) is 2. The average Bonchev–Trinajstić information content (AvgIpc) is 2.69. The largest absolute Gasteiger partial charge is 0.348 e. The Morgan fingerprint density at radius 3 is 2.39 bits per heavy atom. The number of para-hydroxylation sites is 1. The Labute approximate surface area is 167 Å². The molecule has 8 heteroatoms. The number of amides is 1. The average molecular weight is 419 g/mol. The highest BCUT2D eigenvalue weighted by Crippen LogP contribution is 2.24. The summed E-state index contributed by atoms with van der Waals surface area (Å²) in [5, 5.41) is 2.94. The number of rotatable bonds is 6. The highest BCUT2D eigenvalue weighted by Gasteiger charge is 2.17. The van der Waals surface area contributed by atoms with Crippen LogP contribution >= 0.6 is 11.6 Å². The monoisotopic (exact) mass is 418 g/mol. The fourth-order valence-electron chi connectivity index (χ4n) is 2.44. The van der Waals surface area contributed by atoms with Crippen LogP contribution in [-0.2, 0) is 16.6 Å². The van der Waals surface area contributed by atoms with Crippen LogP contribution in [0.3, 0.4) is 0 Å². The number of carbonyl (C=O) groups excluding carboxylic acids is 1. The van der Waals surface area contributed by atoms with Crippen molar-refractivity contribution in [2.45, 2.75) is 11.4 Å². The van der Waals surface area contributed by atoms with Crippen LogP contribution in [0.2, 0.25) is 5.02 Å².